The first-order chi connectivity index (χ1) is 8.15. The van der Waals surface area contributed by atoms with Gasteiger partial charge in [0.15, 0.2) is 0 Å². The second kappa shape index (κ2) is 5.38. The van der Waals surface area contributed by atoms with E-state index in [0.717, 1.165) is 25.9 Å². The molecular weight excluding hydrogens is 212 g/mol. The number of nitrogens with one attached hydrogen (secondary N) is 1. The smallest absolute Gasteiger partial charge is 0.223 e. The molecule has 2 rings (SSSR count). The summed E-state index contributed by atoms with van der Waals surface area (Å²) in [5.41, 5.74) is 0.0494. The van der Waals surface area contributed by atoms with Crippen molar-refractivity contribution < 1.29 is 4.79 Å². The van der Waals surface area contributed by atoms with Gasteiger partial charge in [0, 0.05) is 19.5 Å². The summed E-state index contributed by atoms with van der Waals surface area (Å²) in [6, 6.07) is 0. The Labute approximate surface area is 105 Å². The molecule has 1 heterocycles. The summed E-state index contributed by atoms with van der Waals surface area (Å²) < 4.78 is 0. The maximum absolute atomic E-state index is 12.4. The molecule has 0 radical (unpaired) electrons. The van der Waals surface area contributed by atoms with Crippen LogP contribution in [0.15, 0.2) is 0 Å². The van der Waals surface area contributed by atoms with Gasteiger partial charge in [0.05, 0.1) is 5.54 Å². The van der Waals surface area contributed by atoms with E-state index in [4.69, 9.17) is 0 Å². The molecule has 1 saturated carbocycles. The number of hydrogen-bond acceptors (Lipinski definition) is 2. The molecular formula is C14H26N2O. The van der Waals surface area contributed by atoms with Gasteiger partial charge in [-0.25, -0.2) is 0 Å². The van der Waals surface area contributed by atoms with Crippen LogP contribution in [0.4, 0.5) is 0 Å². The first-order valence-electron chi connectivity index (χ1n) is 7.11. The molecule has 17 heavy (non-hydrogen) atoms. The first kappa shape index (κ1) is 12.9. The standard InChI is InChI=1S/C14H26N2O/c1-14(11-15-2)8-3-4-9-16(14)13(17)10-12-6-5-7-12/h12,15H,3-11H2,1-2H3. The fourth-order valence-electron chi connectivity index (χ4n) is 3.23. The zero-order chi connectivity index (χ0) is 12.3. The van der Waals surface area contributed by atoms with Crippen LogP contribution in [-0.4, -0.2) is 36.5 Å². The highest BCUT2D eigenvalue weighted by Gasteiger charge is 2.37. The van der Waals surface area contributed by atoms with Gasteiger partial charge in [-0.2, -0.15) is 0 Å². The third-order valence-corrected chi connectivity index (χ3v) is 4.55. The molecule has 1 aliphatic heterocycles. The van der Waals surface area contributed by atoms with Gasteiger partial charge in [0.1, 0.15) is 0 Å². The van der Waals surface area contributed by atoms with Crippen molar-refractivity contribution in [1.29, 1.82) is 0 Å². The SMILES string of the molecule is CNCC1(C)CCCCN1C(=O)CC1CCC1. The van der Waals surface area contributed by atoms with Crippen LogP contribution < -0.4 is 5.32 Å². The van der Waals surface area contributed by atoms with E-state index in [-0.39, 0.29) is 5.54 Å². The van der Waals surface area contributed by atoms with Crippen LogP contribution in [0.1, 0.15) is 51.9 Å². The van der Waals surface area contributed by atoms with Crippen molar-refractivity contribution in [2.45, 2.75) is 57.4 Å². The summed E-state index contributed by atoms with van der Waals surface area (Å²) in [6.07, 6.45) is 8.22. The highest BCUT2D eigenvalue weighted by atomic mass is 16.2. The minimum absolute atomic E-state index is 0.0494. The van der Waals surface area contributed by atoms with Crippen LogP contribution in [-0.2, 0) is 4.79 Å². The van der Waals surface area contributed by atoms with Gasteiger partial charge in [-0.15, -0.1) is 0 Å². The number of carbonyl (C=O) groups is 1. The van der Waals surface area contributed by atoms with Crippen LogP contribution in [0.2, 0.25) is 0 Å². The Bertz CT molecular complexity index is 271. The van der Waals surface area contributed by atoms with E-state index in [1.165, 1.54) is 32.1 Å². The Morgan fingerprint density at radius 3 is 2.71 bits per heavy atom. The number of amides is 1. The van der Waals surface area contributed by atoms with Crippen molar-refractivity contribution in [1.82, 2.24) is 10.2 Å². The second-order valence-corrected chi connectivity index (χ2v) is 6.03. The van der Waals surface area contributed by atoms with Crippen LogP contribution in [0.25, 0.3) is 0 Å². The topological polar surface area (TPSA) is 32.3 Å². The zero-order valence-corrected chi connectivity index (χ0v) is 11.3. The summed E-state index contributed by atoms with van der Waals surface area (Å²) in [4.78, 5) is 14.5. The molecule has 0 aromatic carbocycles. The van der Waals surface area contributed by atoms with Gasteiger partial charge in [-0.05, 0) is 52.0 Å². The number of carbonyl (C=O) groups excluding carboxylic acids is 1. The molecule has 2 aliphatic rings. The van der Waals surface area contributed by atoms with Crippen LogP contribution in [0.5, 0.6) is 0 Å². The third kappa shape index (κ3) is 2.82. The highest BCUT2D eigenvalue weighted by molar-refractivity contribution is 5.77. The number of likely N-dealkylation sites (tertiary alicyclic amines) is 1. The van der Waals surface area contributed by atoms with Crippen molar-refractivity contribution in [3.05, 3.63) is 0 Å². The number of hydrogen-bond donors (Lipinski definition) is 1. The molecule has 0 spiro atoms. The van der Waals surface area contributed by atoms with Gasteiger partial charge in [0.25, 0.3) is 0 Å². The summed E-state index contributed by atoms with van der Waals surface area (Å²) in [5.74, 6) is 1.08. The predicted molar refractivity (Wildman–Crippen MR) is 69.9 cm³/mol. The van der Waals surface area contributed by atoms with Gasteiger partial charge in [-0.1, -0.05) is 6.42 Å². The van der Waals surface area contributed by atoms with Crippen LogP contribution in [0.3, 0.4) is 0 Å². The molecule has 1 unspecified atom stereocenters. The largest absolute Gasteiger partial charge is 0.336 e. The van der Waals surface area contributed by atoms with Crippen LogP contribution in [0, 0.1) is 5.92 Å². The Kier molecular flexibility index (Phi) is 4.08. The number of rotatable bonds is 4. The average Bonchev–Trinajstić information content (AvgIpc) is 2.24. The lowest BCUT2D eigenvalue weighted by atomic mass is 9.81. The Morgan fingerprint density at radius 2 is 2.12 bits per heavy atom. The number of nitrogens with zero attached hydrogens (tertiary/aromatic N) is 1. The third-order valence-electron chi connectivity index (χ3n) is 4.55. The Morgan fingerprint density at radius 1 is 1.35 bits per heavy atom. The molecule has 0 aromatic heterocycles. The molecule has 98 valence electrons. The monoisotopic (exact) mass is 238 g/mol. The maximum Gasteiger partial charge on any atom is 0.223 e. The van der Waals surface area contributed by atoms with E-state index in [0.29, 0.717) is 11.8 Å². The van der Waals surface area contributed by atoms with Crippen LogP contribution >= 0.6 is 0 Å². The molecule has 1 saturated heterocycles. The summed E-state index contributed by atoms with van der Waals surface area (Å²) in [6.45, 7) is 4.12. The quantitative estimate of drug-likeness (QED) is 0.814. The van der Waals surface area contributed by atoms with Gasteiger partial charge in [0.2, 0.25) is 5.91 Å². The molecule has 3 heteroatoms. The van der Waals surface area contributed by atoms with Crippen molar-refractivity contribution in [3.8, 4) is 0 Å². The minimum Gasteiger partial charge on any atom is -0.336 e. The first-order valence-corrected chi connectivity index (χ1v) is 7.11. The lowest BCUT2D eigenvalue weighted by molar-refractivity contribution is -0.140. The van der Waals surface area contributed by atoms with E-state index in [1.807, 2.05) is 7.05 Å². The number of piperidine rings is 1. The fraction of sp³-hybridized carbons (Fsp3) is 0.929. The second-order valence-electron chi connectivity index (χ2n) is 6.03. The Hall–Kier alpha value is -0.570. The van der Waals surface area contributed by atoms with Gasteiger partial charge < -0.3 is 10.2 Å². The normalized spacial score (nSPS) is 30.1. The van der Waals surface area contributed by atoms with Gasteiger partial charge in [-0.3, -0.25) is 4.79 Å². The van der Waals surface area contributed by atoms with Crippen molar-refractivity contribution in [3.63, 3.8) is 0 Å². The van der Waals surface area contributed by atoms with E-state index >= 15 is 0 Å². The maximum atomic E-state index is 12.4. The molecule has 0 aromatic rings. The van der Waals surface area contributed by atoms with E-state index < -0.39 is 0 Å². The minimum atomic E-state index is 0.0494. The Balaban J connectivity index is 1.96. The summed E-state index contributed by atoms with van der Waals surface area (Å²) in [5, 5.41) is 3.25. The van der Waals surface area contributed by atoms with E-state index in [1.54, 1.807) is 0 Å². The van der Waals surface area contributed by atoms with E-state index in [9.17, 15) is 4.79 Å². The average molecular weight is 238 g/mol. The predicted octanol–water partition coefficient (Wildman–Crippen LogP) is 2.17. The van der Waals surface area contributed by atoms with Crippen molar-refractivity contribution in [2.24, 2.45) is 5.92 Å². The molecule has 1 atom stereocenters. The summed E-state index contributed by atoms with van der Waals surface area (Å²) >= 11 is 0. The molecule has 3 nitrogen and oxygen atoms in total. The molecule has 1 amide bonds. The lowest BCUT2D eigenvalue weighted by Gasteiger charge is -2.46. The summed E-state index contributed by atoms with van der Waals surface area (Å²) in [7, 11) is 1.98. The molecule has 1 aliphatic carbocycles. The highest BCUT2D eigenvalue weighted by Crippen LogP contribution is 2.33. The fourth-order valence-corrected chi connectivity index (χ4v) is 3.23. The molecule has 0 bridgehead atoms. The van der Waals surface area contributed by atoms with Gasteiger partial charge >= 0.3 is 0 Å². The molecule has 2 fully saturated rings. The zero-order valence-electron chi connectivity index (χ0n) is 11.3. The van der Waals surface area contributed by atoms with Crippen molar-refractivity contribution in [2.75, 3.05) is 20.1 Å². The number of likely N-dealkylation sites (N-methyl/N-ethyl adjacent to an activating group) is 1. The van der Waals surface area contributed by atoms with Crippen molar-refractivity contribution >= 4 is 5.91 Å². The molecule has 1 N–H and O–H groups in total. The van der Waals surface area contributed by atoms with E-state index in [2.05, 4.69) is 17.1 Å². The lowest BCUT2D eigenvalue weighted by Crippen LogP contribution is -2.57.